The SMILES string of the molecule is Cc1ccc(S(=O)(=O)[C@@H]2CCCC[C@@H]2NCC[C@@H](C)O)cc1. The Bertz CT molecular complexity index is 566. The quantitative estimate of drug-likeness (QED) is 0.843. The van der Waals surface area contributed by atoms with Crippen molar-refractivity contribution in [2.75, 3.05) is 6.54 Å². The third-order valence-electron chi connectivity index (χ3n) is 4.42. The van der Waals surface area contributed by atoms with Gasteiger partial charge in [0.05, 0.1) is 16.2 Å². The zero-order valence-corrected chi connectivity index (χ0v) is 14.3. The maximum atomic E-state index is 12.9. The van der Waals surface area contributed by atoms with Gasteiger partial charge in [-0.05, 0) is 51.8 Å². The molecule has 1 aliphatic carbocycles. The number of hydrogen-bond acceptors (Lipinski definition) is 4. The second kappa shape index (κ2) is 7.57. The highest BCUT2D eigenvalue weighted by molar-refractivity contribution is 7.92. The van der Waals surface area contributed by atoms with Gasteiger partial charge < -0.3 is 10.4 Å². The number of rotatable bonds is 6. The Morgan fingerprint density at radius 1 is 1.23 bits per heavy atom. The Labute approximate surface area is 133 Å². The van der Waals surface area contributed by atoms with E-state index in [2.05, 4.69) is 5.32 Å². The van der Waals surface area contributed by atoms with Gasteiger partial charge in [0.1, 0.15) is 0 Å². The van der Waals surface area contributed by atoms with Crippen molar-refractivity contribution < 1.29 is 13.5 Å². The summed E-state index contributed by atoms with van der Waals surface area (Å²) in [5.74, 6) is 0. The summed E-state index contributed by atoms with van der Waals surface area (Å²) in [6.07, 6.45) is 3.91. The van der Waals surface area contributed by atoms with Crippen molar-refractivity contribution in [3.05, 3.63) is 29.8 Å². The first-order valence-electron chi connectivity index (χ1n) is 8.13. The Hall–Kier alpha value is -0.910. The molecule has 2 rings (SSSR count). The summed E-state index contributed by atoms with van der Waals surface area (Å²) in [6, 6.07) is 7.12. The van der Waals surface area contributed by atoms with Crippen LogP contribution in [0.2, 0.25) is 0 Å². The third-order valence-corrected chi connectivity index (χ3v) is 6.71. The molecule has 0 unspecified atom stereocenters. The van der Waals surface area contributed by atoms with Crippen molar-refractivity contribution in [2.45, 2.75) is 68.2 Å². The van der Waals surface area contributed by atoms with E-state index in [0.29, 0.717) is 24.3 Å². The van der Waals surface area contributed by atoms with Crippen LogP contribution in [0, 0.1) is 6.92 Å². The lowest BCUT2D eigenvalue weighted by atomic mass is 9.95. The van der Waals surface area contributed by atoms with Crippen LogP contribution in [0.3, 0.4) is 0 Å². The zero-order chi connectivity index (χ0) is 16.2. The maximum absolute atomic E-state index is 12.9. The summed E-state index contributed by atoms with van der Waals surface area (Å²) in [7, 11) is -3.30. The molecule has 0 heterocycles. The third kappa shape index (κ3) is 4.31. The summed E-state index contributed by atoms with van der Waals surface area (Å²) < 4.78 is 25.8. The minimum Gasteiger partial charge on any atom is -0.393 e. The zero-order valence-electron chi connectivity index (χ0n) is 13.5. The van der Waals surface area contributed by atoms with Crippen molar-refractivity contribution in [2.24, 2.45) is 0 Å². The number of nitrogens with one attached hydrogen (secondary N) is 1. The van der Waals surface area contributed by atoms with Gasteiger partial charge in [0.15, 0.2) is 9.84 Å². The minimum atomic E-state index is -3.30. The van der Waals surface area contributed by atoms with Crippen molar-refractivity contribution >= 4 is 9.84 Å². The lowest BCUT2D eigenvalue weighted by Gasteiger charge is -2.32. The van der Waals surface area contributed by atoms with E-state index in [0.717, 1.165) is 24.8 Å². The van der Waals surface area contributed by atoms with Gasteiger partial charge >= 0.3 is 0 Å². The average molecular weight is 325 g/mol. The molecule has 0 aromatic heterocycles. The van der Waals surface area contributed by atoms with E-state index in [4.69, 9.17) is 0 Å². The molecular formula is C17H27NO3S. The van der Waals surface area contributed by atoms with Crippen LogP contribution in [0.4, 0.5) is 0 Å². The van der Waals surface area contributed by atoms with Crippen LogP contribution in [-0.2, 0) is 9.84 Å². The van der Waals surface area contributed by atoms with E-state index in [1.807, 2.05) is 19.1 Å². The van der Waals surface area contributed by atoms with Gasteiger partial charge in [0.2, 0.25) is 0 Å². The second-order valence-corrected chi connectivity index (χ2v) is 8.55. The second-order valence-electron chi connectivity index (χ2n) is 6.38. The molecule has 3 atom stereocenters. The van der Waals surface area contributed by atoms with Crippen LogP contribution in [-0.4, -0.2) is 37.5 Å². The van der Waals surface area contributed by atoms with Crippen LogP contribution in [0.1, 0.15) is 44.6 Å². The van der Waals surface area contributed by atoms with Gasteiger partial charge in [0.25, 0.3) is 0 Å². The number of hydrogen-bond donors (Lipinski definition) is 2. The fraction of sp³-hybridized carbons (Fsp3) is 0.647. The molecule has 1 saturated carbocycles. The van der Waals surface area contributed by atoms with Crippen molar-refractivity contribution in [3.63, 3.8) is 0 Å². The van der Waals surface area contributed by atoms with Crippen LogP contribution in [0.25, 0.3) is 0 Å². The molecule has 124 valence electrons. The fourth-order valence-corrected chi connectivity index (χ4v) is 5.09. The van der Waals surface area contributed by atoms with Crippen molar-refractivity contribution in [3.8, 4) is 0 Å². The number of sulfone groups is 1. The monoisotopic (exact) mass is 325 g/mol. The highest BCUT2D eigenvalue weighted by Gasteiger charge is 2.36. The van der Waals surface area contributed by atoms with E-state index in [1.165, 1.54) is 0 Å². The van der Waals surface area contributed by atoms with E-state index >= 15 is 0 Å². The maximum Gasteiger partial charge on any atom is 0.182 e. The largest absolute Gasteiger partial charge is 0.393 e. The molecule has 22 heavy (non-hydrogen) atoms. The molecule has 4 nitrogen and oxygen atoms in total. The molecule has 1 aromatic rings. The van der Waals surface area contributed by atoms with Gasteiger partial charge in [-0.2, -0.15) is 0 Å². The standard InChI is InChI=1S/C17H27NO3S/c1-13-7-9-15(10-8-13)22(20,21)17-6-4-3-5-16(17)18-12-11-14(2)19/h7-10,14,16-19H,3-6,11-12H2,1-2H3/t14-,16+,17-/m1/s1. The topological polar surface area (TPSA) is 66.4 Å². The first kappa shape index (κ1) is 17.4. The number of benzene rings is 1. The molecule has 1 aromatic carbocycles. The molecule has 0 bridgehead atoms. The lowest BCUT2D eigenvalue weighted by Crippen LogP contribution is -2.46. The van der Waals surface area contributed by atoms with E-state index in [-0.39, 0.29) is 17.4 Å². The van der Waals surface area contributed by atoms with Crippen molar-refractivity contribution in [1.82, 2.24) is 5.32 Å². The summed E-state index contributed by atoms with van der Waals surface area (Å²) in [5, 5.41) is 12.3. The highest BCUT2D eigenvalue weighted by Crippen LogP contribution is 2.29. The normalized spacial score (nSPS) is 24.1. The van der Waals surface area contributed by atoms with Gasteiger partial charge in [-0.3, -0.25) is 0 Å². The molecule has 2 N–H and O–H groups in total. The van der Waals surface area contributed by atoms with E-state index < -0.39 is 9.84 Å². The Balaban J connectivity index is 2.13. The average Bonchev–Trinajstić information content (AvgIpc) is 2.48. The fourth-order valence-electron chi connectivity index (χ4n) is 3.08. The summed E-state index contributed by atoms with van der Waals surface area (Å²) in [6.45, 7) is 4.36. The molecular weight excluding hydrogens is 298 g/mol. The smallest absolute Gasteiger partial charge is 0.182 e. The number of aryl methyl sites for hydroxylation is 1. The van der Waals surface area contributed by atoms with Crippen molar-refractivity contribution in [1.29, 1.82) is 0 Å². The van der Waals surface area contributed by atoms with E-state index in [9.17, 15) is 13.5 Å². The van der Waals surface area contributed by atoms with Gasteiger partial charge in [-0.25, -0.2) is 8.42 Å². The molecule has 0 radical (unpaired) electrons. The van der Waals surface area contributed by atoms with Gasteiger partial charge in [-0.15, -0.1) is 0 Å². The molecule has 1 aliphatic rings. The highest BCUT2D eigenvalue weighted by atomic mass is 32.2. The Morgan fingerprint density at radius 3 is 2.50 bits per heavy atom. The lowest BCUT2D eigenvalue weighted by molar-refractivity contribution is 0.181. The molecule has 0 amide bonds. The van der Waals surface area contributed by atoms with Crippen LogP contribution in [0.15, 0.2) is 29.2 Å². The van der Waals surface area contributed by atoms with Crippen LogP contribution < -0.4 is 5.32 Å². The minimum absolute atomic E-state index is 0.0150. The Kier molecular flexibility index (Phi) is 6.01. The van der Waals surface area contributed by atoms with Crippen LogP contribution in [0.5, 0.6) is 0 Å². The van der Waals surface area contributed by atoms with Gasteiger partial charge in [0, 0.05) is 6.04 Å². The molecule has 0 spiro atoms. The number of aliphatic hydroxyl groups is 1. The molecule has 0 saturated heterocycles. The summed E-state index contributed by atoms with van der Waals surface area (Å²) >= 11 is 0. The first-order valence-corrected chi connectivity index (χ1v) is 9.68. The Morgan fingerprint density at radius 2 is 1.86 bits per heavy atom. The molecule has 5 heteroatoms. The number of aliphatic hydroxyl groups excluding tert-OH is 1. The summed E-state index contributed by atoms with van der Waals surface area (Å²) in [4.78, 5) is 0.423. The molecule has 1 fully saturated rings. The summed E-state index contributed by atoms with van der Waals surface area (Å²) in [5.41, 5.74) is 1.06. The predicted octanol–water partition coefficient (Wildman–Crippen LogP) is 2.44. The van der Waals surface area contributed by atoms with Gasteiger partial charge in [-0.1, -0.05) is 30.5 Å². The molecule has 0 aliphatic heterocycles. The van der Waals surface area contributed by atoms with Crippen LogP contribution >= 0.6 is 0 Å². The first-order chi connectivity index (χ1) is 10.4. The van der Waals surface area contributed by atoms with E-state index in [1.54, 1.807) is 19.1 Å². The predicted molar refractivity (Wildman–Crippen MR) is 88.7 cm³/mol.